The summed E-state index contributed by atoms with van der Waals surface area (Å²) in [6.07, 6.45) is 1.09. The molecule has 0 saturated heterocycles. The Morgan fingerprint density at radius 3 is 2.57 bits per heavy atom. The molecule has 0 spiro atoms. The largest absolute Gasteiger partial charge is 0.506 e. The van der Waals surface area contributed by atoms with E-state index in [1.807, 2.05) is 0 Å². The smallest absolute Gasteiger partial charge is 0.140 e. The maximum absolute atomic E-state index is 13.3. The van der Waals surface area contributed by atoms with Gasteiger partial charge in [-0.1, -0.05) is 11.6 Å². The number of aromatic hydroxyl groups is 1. The Balaban J connectivity index is 2.68. The predicted molar refractivity (Wildman–Crippen MR) is 50.9 cm³/mol. The summed E-state index contributed by atoms with van der Waals surface area (Å²) in [7, 11) is 0. The van der Waals surface area contributed by atoms with Crippen LogP contribution in [0.4, 0.5) is 4.39 Å². The van der Waals surface area contributed by atoms with E-state index in [-0.39, 0.29) is 21.9 Å². The highest BCUT2D eigenvalue weighted by Crippen LogP contribution is 2.51. The van der Waals surface area contributed by atoms with E-state index in [2.05, 4.69) is 0 Å². The molecule has 1 fully saturated rings. The SMILES string of the molecule is Cc1c(F)cc(Cl)c(O)c1C1(O)CC1. The molecule has 0 atom stereocenters. The Labute approximate surface area is 85.9 Å². The average molecular weight is 217 g/mol. The second-order valence-electron chi connectivity index (χ2n) is 3.72. The van der Waals surface area contributed by atoms with Crippen LogP contribution in [0.3, 0.4) is 0 Å². The maximum atomic E-state index is 13.3. The van der Waals surface area contributed by atoms with E-state index in [0.717, 1.165) is 6.07 Å². The standard InChI is InChI=1S/C10H10ClFO2/c1-5-7(12)4-6(11)9(13)8(5)10(14)2-3-10/h4,13-14H,2-3H2,1H3. The van der Waals surface area contributed by atoms with Gasteiger partial charge in [0.25, 0.3) is 0 Å². The van der Waals surface area contributed by atoms with Crippen LogP contribution in [0.1, 0.15) is 24.0 Å². The summed E-state index contributed by atoms with van der Waals surface area (Å²) in [6, 6.07) is 1.06. The van der Waals surface area contributed by atoms with Crippen LogP contribution >= 0.6 is 11.6 Å². The van der Waals surface area contributed by atoms with E-state index in [9.17, 15) is 14.6 Å². The molecule has 0 radical (unpaired) electrons. The summed E-state index contributed by atoms with van der Waals surface area (Å²) in [5.74, 6) is -0.700. The molecule has 1 aromatic rings. The van der Waals surface area contributed by atoms with Crippen LogP contribution in [0.25, 0.3) is 0 Å². The number of phenols is 1. The Hall–Kier alpha value is -0.800. The van der Waals surface area contributed by atoms with Crippen molar-refractivity contribution in [1.29, 1.82) is 0 Å². The Morgan fingerprint density at radius 1 is 1.50 bits per heavy atom. The van der Waals surface area contributed by atoms with E-state index >= 15 is 0 Å². The van der Waals surface area contributed by atoms with Crippen molar-refractivity contribution in [3.05, 3.63) is 28.0 Å². The molecule has 1 aliphatic carbocycles. The number of phenolic OH excluding ortho intramolecular Hbond substituents is 1. The van der Waals surface area contributed by atoms with Crippen LogP contribution in [0.5, 0.6) is 5.75 Å². The zero-order valence-corrected chi connectivity index (χ0v) is 8.40. The molecule has 76 valence electrons. The molecular formula is C10H10ClFO2. The van der Waals surface area contributed by atoms with Gasteiger partial charge in [-0.05, 0) is 31.4 Å². The lowest BCUT2D eigenvalue weighted by atomic mass is 10.00. The lowest BCUT2D eigenvalue weighted by Gasteiger charge is -2.15. The summed E-state index contributed by atoms with van der Waals surface area (Å²) >= 11 is 5.62. The average Bonchev–Trinajstić information content (AvgIpc) is 2.81. The minimum atomic E-state index is -1.07. The Kier molecular flexibility index (Phi) is 1.98. The molecule has 2 N–H and O–H groups in total. The quantitative estimate of drug-likeness (QED) is 0.757. The molecule has 0 bridgehead atoms. The monoisotopic (exact) mass is 216 g/mol. The lowest BCUT2D eigenvalue weighted by molar-refractivity contribution is 0.146. The minimum Gasteiger partial charge on any atom is -0.506 e. The van der Waals surface area contributed by atoms with Gasteiger partial charge in [0.2, 0.25) is 0 Å². The van der Waals surface area contributed by atoms with Crippen LogP contribution in [-0.4, -0.2) is 10.2 Å². The first-order chi connectivity index (χ1) is 6.46. The third kappa shape index (κ3) is 1.28. The maximum Gasteiger partial charge on any atom is 0.140 e. The summed E-state index contributed by atoms with van der Waals surface area (Å²) < 4.78 is 13.3. The van der Waals surface area contributed by atoms with Gasteiger partial charge in [-0.25, -0.2) is 4.39 Å². The van der Waals surface area contributed by atoms with Crippen LogP contribution in [0.15, 0.2) is 6.07 Å². The van der Waals surface area contributed by atoms with Gasteiger partial charge in [-0.15, -0.1) is 0 Å². The second-order valence-corrected chi connectivity index (χ2v) is 4.13. The Morgan fingerprint density at radius 2 is 2.07 bits per heavy atom. The number of halogens is 2. The van der Waals surface area contributed by atoms with Gasteiger partial charge in [0.15, 0.2) is 0 Å². The first kappa shape index (κ1) is 9.74. The number of rotatable bonds is 1. The molecule has 1 aromatic carbocycles. The normalized spacial score (nSPS) is 18.3. The van der Waals surface area contributed by atoms with Gasteiger partial charge in [0.1, 0.15) is 11.6 Å². The highest BCUT2D eigenvalue weighted by molar-refractivity contribution is 6.32. The van der Waals surface area contributed by atoms with Crippen molar-refractivity contribution >= 4 is 11.6 Å². The van der Waals surface area contributed by atoms with Crippen molar-refractivity contribution in [1.82, 2.24) is 0 Å². The molecule has 0 amide bonds. The molecule has 1 aliphatic rings. The van der Waals surface area contributed by atoms with Crippen LogP contribution in [0, 0.1) is 12.7 Å². The van der Waals surface area contributed by atoms with Gasteiger partial charge in [0, 0.05) is 5.56 Å². The first-order valence-electron chi connectivity index (χ1n) is 4.36. The van der Waals surface area contributed by atoms with Crippen molar-refractivity contribution in [2.75, 3.05) is 0 Å². The molecule has 2 nitrogen and oxygen atoms in total. The van der Waals surface area contributed by atoms with Crippen molar-refractivity contribution in [2.45, 2.75) is 25.4 Å². The molecule has 2 rings (SSSR count). The zero-order chi connectivity index (χ0) is 10.5. The molecule has 0 aliphatic heterocycles. The summed E-state index contributed by atoms with van der Waals surface area (Å²) in [6.45, 7) is 1.52. The molecule has 0 unspecified atom stereocenters. The lowest BCUT2D eigenvalue weighted by Crippen LogP contribution is -2.08. The van der Waals surface area contributed by atoms with E-state index < -0.39 is 11.4 Å². The molecule has 14 heavy (non-hydrogen) atoms. The van der Waals surface area contributed by atoms with Crippen LogP contribution in [-0.2, 0) is 5.60 Å². The summed E-state index contributed by atoms with van der Waals surface area (Å²) in [4.78, 5) is 0. The van der Waals surface area contributed by atoms with Gasteiger partial charge in [-0.3, -0.25) is 0 Å². The van der Waals surface area contributed by atoms with E-state index in [1.54, 1.807) is 0 Å². The van der Waals surface area contributed by atoms with E-state index in [4.69, 9.17) is 11.6 Å². The fraction of sp³-hybridized carbons (Fsp3) is 0.400. The fourth-order valence-electron chi connectivity index (χ4n) is 1.64. The molecule has 4 heteroatoms. The highest BCUT2D eigenvalue weighted by Gasteiger charge is 2.46. The van der Waals surface area contributed by atoms with Crippen LogP contribution in [0.2, 0.25) is 5.02 Å². The molecule has 1 saturated carbocycles. The predicted octanol–water partition coefficient (Wildman–Crippen LogP) is 2.47. The third-order valence-corrected chi connectivity index (χ3v) is 2.93. The van der Waals surface area contributed by atoms with Gasteiger partial charge in [-0.2, -0.15) is 0 Å². The second kappa shape index (κ2) is 2.84. The Bertz CT molecular complexity index is 373. The minimum absolute atomic E-state index is 0.0524. The number of benzene rings is 1. The van der Waals surface area contributed by atoms with E-state index in [1.165, 1.54) is 6.92 Å². The van der Waals surface area contributed by atoms with Crippen molar-refractivity contribution in [3.8, 4) is 5.75 Å². The molecule has 0 heterocycles. The van der Waals surface area contributed by atoms with Crippen molar-refractivity contribution in [2.24, 2.45) is 0 Å². The highest BCUT2D eigenvalue weighted by atomic mass is 35.5. The topological polar surface area (TPSA) is 40.5 Å². The van der Waals surface area contributed by atoms with Gasteiger partial charge >= 0.3 is 0 Å². The fourth-order valence-corrected chi connectivity index (χ4v) is 1.83. The number of hydrogen-bond donors (Lipinski definition) is 2. The van der Waals surface area contributed by atoms with Crippen LogP contribution < -0.4 is 0 Å². The van der Waals surface area contributed by atoms with Gasteiger partial charge in [0.05, 0.1) is 10.6 Å². The van der Waals surface area contributed by atoms with Gasteiger partial charge < -0.3 is 10.2 Å². The van der Waals surface area contributed by atoms with Crippen molar-refractivity contribution < 1.29 is 14.6 Å². The van der Waals surface area contributed by atoms with Crippen molar-refractivity contribution in [3.63, 3.8) is 0 Å². The summed E-state index contributed by atoms with van der Waals surface area (Å²) in [5, 5.41) is 19.4. The molecular weight excluding hydrogens is 207 g/mol. The summed E-state index contributed by atoms with van der Waals surface area (Å²) in [5.41, 5.74) is -0.561. The number of aliphatic hydroxyl groups is 1. The van der Waals surface area contributed by atoms with E-state index in [0.29, 0.717) is 12.8 Å². The first-order valence-corrected chi connectivity index (χ1v) is 4.74. The molecule has 0 aromatic heterocycles. The third-order valence-electron chi connectivity index (χ3n) is 2.64. The zero-order valence-electron chi connectivity index (χ0n) is 7.64. The number of hydrogen-bond acceptors (Lipinski definition) is 2.